The Morgan fingerprint density at radius 1 is 1.43 bits per heavy atom. The van der Waals surface area contributed by atoms with Crippen molar-refractivity contribution < 1.29 is 4.79 Å². The number of hydrogen-bond acceptors (Lipinski definition) is 2. The summed E-state index contributed by atoms with van der Waals surface area (Å²) < 4.78 is 1.72. The molecule has 1 atom stereocenters. The maximum atomic E-state index is 12.2. The molecule has 6 heteroatoms. The van der Waals surface area contributed by atoms with Crippen LogP contribution in [0.5, 0.6) is 0 Å². The molecule has 0 aliphatic carbocycles. The van der Waals surface area contributed by atoms with E-state index >= 15 is 0 Å². The van der Waals surface area contributed by atoms with E-state index in [-0.39, 0.29) is 12.1 Å². The van der Waals surface area contributed by atoms with Crippen LogP contribution in [0, 0.1) is 0 Å². The van der Waals surface area contributed by atoms with Gasteiger partial charge in [0.2, 0.25) is 0 Å². The first-order chi connectivity index (χ1) is 9.95. The van der Waals surface area contributed by atoms with Crippen molar-refractivity contribution in [3.63, 3.8) is 0 Å². The van der Waals surface area contributed by atoms with Crippen LogP contribution < -0.4 is 5.32 Å². The van der Waals surface area contributed by atoms with E-state index in [1.807, 2.05) is 44.4 Å². The van der Waals surface area contributed by atoms with E-state index in [0.717, 1.165) is 11.1 Å². The average molecular weight is 307 g/mol. The summed E-state index contributed by atoms with van der Waals surface area (Å²) in [5, 5.41) is 7.74. The molecular weight excluding hydrogens is 288 g/mol. The predicted octanol–water partition coefficient (Wildman–Crippen LogP) is 2.98. The summed E-state index contributed by atoms with van der Waals surface area (Å²) in [6.45, 7) is 2.46. The standard InChI is InChI=1S/C15H19ClN4O/c1-11(13-4-6-14(16)7-5-13)18-15(21)19(2)9-12-8-17-20(3)10-12/h4-8,10-11H,9H2,1-3H3,(H,18,21). The van der Waals surface area contributed by atoms with E-state index in [1.165, 1.54) is 0 Å². The molecule has 1 aromatic heterocycles. The fraction of sp³-hybridized carbons (Fsp3) is 0.333. The molecule has 0 radical (unpaired) electrons. The quantitative estimate of drug-likeness (QED) is 0.944. The van der Waals surface area contributed by atoms with Crippen LogP contribution in [0.25, 0.3) is 0 Å². The molecule has 2 amide bonds. The highest BCUT2D eigenvalue weighted by Crippen LogP contribution is 2.16. The molecule has 1 unspecified atom stereocenters. The molecular formula is C15H19ClN4O. The fourth-order valence-electron chi connectivity index (χ4n) is 2.03. The van der Waals surface area contributed by atoms with Crippen molar-refractivity contribution in [2.75, 3.05) is 7.05 Å². The summed E-state index contributed by atoms with van der Waals surface area (Å²) >= 11 is 5.86. The molecule has 0 saturated carbocycles. The summed E-state index contributed by atoms with van der Waals surface area (Å²) in [4.78, 5) is 13.8. The molecule has 1 heterocycles. The molecule has 5 nitrogen and oxygen atoms in total. The van der Waals surface area contributed by atoms with Crippen molar-refractivity contribution in [3.8, 4) is 0 Å². The van der Waals surface area contributed by atoms with E-state index in [1.54, 1.807) is 22.8 Å². The monoisotopic (exact) mass is 306 g/mol. The Bertz CT molecular complexity index is 608. The van der Waals surface area contributed by atoms with Gasteiger partial charge < -0.3 is 10.2 Å². The Labute approximate surface area is 129 Å². The summed E-state index contributed by atoms with van der Waals surface area (Å²) in [5.41, 5.74) is 2.01. The number of nitrogens with one attached hydrogen (secondary N) is 1. The SMILES string of the molecule is CC(NC(=O)N(C)Cc1cnn(C)c1)c1ccc(Cl)cc1. The topological polar surface area (TPSA) is 50.2 Å². The molecule has 0 fully saturated rings. The van der Waals surface area contributed by atoms with Gasteiger partial charge in [0.25, 0.3) is 0 Å². The second-order valence-electron chi connectivity index (χ2n) is 5.10. The molecule has 0 bridgehead atoms. The molecule has 112 valence electrons. The number of rotatable bonds is 4. The first kappa shape index (κ1) is 15.4. The van der Waals surface area contributed by atoms with Gasteiger partial charge in [-0.25, -0.2) is 4.79 Å². The third-order valence-electron chi connectivity index (χ3n) is 3.23. The predicted molar refractivity (Wildman–Crippen MR) is 83.1 cm³/mol. The van der Waals surface area contributed by atoms with E-state index in [4.69, 9.17) is 11.6 Å². The maximum absolute atomic E-state index is 12.2. The molecule has 1 aromatic carbocycles. The van der Waals surface area contributed by atoms with Crippen LogP contribution in [0.15, 0.2) is 36.7 Å². The lowest BCUT2D eigenvalue weighted by Crippen LogP contribution is -2.38. The van der Waals surface area contributed by atoms with Gasteiger partial charge in [0.15, 0.2) is 0 Å². The number of aryl methyl sites for hydroxylation is 1. The lowest BCUT2D eigenvalue weighted by Gasteiger charge is -2.21. The molecule has 1 N–H and O–H groups in total. The van der Waals surface area contributed by atoms with Crippen LogP contribution in [-0.4, -0.2) is 27.8 Å². The van der Waals surface area contributed by atoms with Crippen LogP contribution in [-0.2, 0) is 13.6 Å². The maximum Gasteiger partial charge on any atom is 0.317 e. The van der Waals surface area contributed by atoms with Crippen LogP contribution in [0.2, 0.25) is 5.02 Å². The first-order valence-electron chi connectivity index (χ1n) is 6.70. The van der Waals surface area contributed by atoms with Crippen molar-refractivity contribution in [1.82, 2.24) is 20.0 Å². The summed E-state index contributed by atoms with van der Waals surface area (Å²) in [6, 6.07) is 7.26. The van der Waals surface area contributed by atoms with Crippen LogP contribution in [0.3, 0.4) is 0 Å². The fourth-order valence-corrected chi connectivity index (χ4v) is 2.16. The minimum Gasteiger partial charge on any atom is -0.331 e. The van der Waals surface area contributed by atoms with E-state index < -0.39 is 0 Å². The number of aromatic nitrogens is 2. The molecule has 2 rings (SSSR count). The number of halogens is 1. The number of hydrogen-bond donors (Lipinski definition) is 1. The van der Waals surface area contributed by atoms with Gasteiger partial charge in [-0.05, 0) is 24.6 Å². The van der Waals surface area contributed by atoms with Gasteiger partial charge in [-0.1, -0.05) is 23.7 Å². The average Bonchev–Trinajstić information content (AvgIpc) is 2.84. The minimum absolute atomic E-state index is 0.0777. The van der Waals surface area contributed by atoms with Crippen molar-refractivity contribution in [3.05, 3.63) is 52.8 Å². The molecule has 0 spiro atoms. The van der Waals surface area contributed by atoms with E-state index in [9.17, 15) is 4.79 Å². The smallest absolute Gasteiger partial charge is 0.317 e. The number of carbonyl (C=O) groups is 1. The summed E-state index contributed by atoms with van der Waals surface area (Å²) in [7, 11) is 3.61. The van der Waals surface area contributed by atoms with Crippen molar-refractivity contribution in [2.45, 2.75) is 19.5 Å². The largest absolute Gasteiger partial charge is 0.331 e. The molecule has 0 saturated heterocycles. The highest BCUT2D eigenvalue weighted by Gasteiger charge is 2.14. The normalized spacial score (nSPS) is 12.0. The molecule has 0 aliphatic heterocycles. The van der Waals surface area contributed by atoms with Crippen LogP contribution in [0.4, 0.5) is 4.79 Å². The first-order valence-corrected chi connectivity index (χ1v) is 7.08. The third kappa shape index (κ3) is 4.23. The van der Waals surface area contributed by atoms with Crippen molar-refractivity contribution in [2.24, 2.45) is 7.05 Å². The Hall–Kier alpha value is -2.01. The molecule has 2 aromatic rings. The second kappa shape index (κ2) is 6.63. The number of benzene rings is 1. The third-order valence-corrected chi connectivity index (χ3v) is 3.49. The van der Waals surface area contributed by atoms with Crippen molar-refractivity contribution >= 4 is 17.6 Å². The van der Waals surface area contributed by atoms with Gasteiger partial charge >= 0.3 is 6.03 Å². The summed E-state index contributed by atoms with van der Waals surface area (Å²) in [5.74, 6) is 0. The Kier molecular flexibility index (Phi) is 4.85. The van der Waals surface area contributed by atoms with Gasteiger partial charge in [0.05, 0.1) is 18.8 Å². The number of amides is 2. The lowest BCUT2D eigenvalue weighted by molar-refractivity contribution is 0.203. The highest BCUT2D eigenvalue weighted by molar-refractivity contribution is 6.30. The molecule has 0 aliphatic rings. The van der Waals surface area contributed by atoms with Crippen LogP contribution in [0.1, 0.15) is 24.1 Å². The van der Waals surface area contributed by atoms with Gasteiger partial charge in [-0.15, -0.1) is 0 Å². The minimum atomic E-state index is -0.124. The van der Waals surface area contributed by atoms with Gasteiger partial charge in [-0.2, -0.15) is 5.10 Å². The number of nitrogens with zero attached hydrogens (tertiary/aromatic N) is 3. The van der Waals surface area contributed by atoms with Gasteiger partial charge in [0.1, 0.15) is 0 Å². The lowest BCUT2D eigenvalue weighted by atomic mass is 10.1. The second-order valence-corrected chi connectivity index (χ2v) is 5.54. The highest BCUT2D eigenvalue weighted by atomic mass is 35.5. The van der Waals surface area contributed by atoms with Crippen molar-refractivity contribution in [1.29, 1.82) is 0 Å². The van der Waals surface area contributed by atoms with E-state index in [2.05, 4.69) is 10.4 Å². The summed E-state index contributed by atoms with van der Waals surface area (Å²) in [6.07, 6.45) is 3.65. The van der Waals surface area contributed by atoms with Gasteiger partial charge in [0, 0.05) is 30.9 Å². The zero-order chi connectivity index (χ0) is 15.4. The van der Waals surface area contributed by atoms with Gasteiger partial charge in [-0.3, -0.25) is 4.68 Å². The number of urea groups is 1. The van der Waals surface area contributed by atoms with E-state index in [0.29, 0.717) is 11.6 Å². The Balaban J connectivity index is 1.92. The zero-order valence-corrected chi connectivity index (χ0v) is 13.1. The Morgan fingerprint density at radius 3 is 2.67 bits per heavy atom. The number of carbonyl (C=O) groups excluding carboxylic acids is 1. The zero-order valence-electron chi connectivity index (χ0n) is 12.4. The van der Waals surface area contributed by atoms with Crippen LogP contribution >= 0.6 is 11.6 Å². The Morgan fingerprint density at radius 2 is 2.10 bits per heavy atom. The molecule has 21 heavy (non-hydrogen) atoms.